The number of rotatable bonds is 9. The van der Waals surface area contributed by atoms with Gasteiger partial charge in [0.05, 0.1) is 16.9 Å². The van der Waals surface area contributed by atoms with E-state index in [4.69, 9.17) is 9.40 Å². The number of aromatic nitrogens is 1. The molecule has 48 heavy (non-hydrogen) atoms. The standard InChI is InChI=1S/C30H28NO.C13H24O2.Ir/c1-16(2)13-19-9-11-22-26-25-21(10-8-18(4)28(25)32-29(19)26)27-23(30(22,5)6)15-20-14-17(3)7-12-24(20)31-27;1-5-10(6-2)12(14)9-13(15)11(7-3)8-4;/h7-9,11-12,14-16H,13H2,1-6H3;9-11,14H,5-8H2,1-4H3;/q-1;;/b;12-9-;. The van der Waals surface area contributed by atoms with Gasteiger partial charge in [-0.15, -0.1) is 17.7 Å². The summed E-state index contributed by atoms with van der Waals surface area (Å²) < 4.78 is 6.64. The number of fused-ring (bicyclic) bond motifs is 3. The van der Waals surface area contributed by atoms with Gasteiger partial charge in [0.2, 0.25) is 0 Å². The number of carbonyl (C=O) groups excluding carboxylic acids is 1. The molecule has 5 aromatic rings. The van der Waals surface area contributed by atoms with Crippen LogP contribution in [-0.4, -0.2) is 15.9 Å². The predicted molar refractivity (Wildman–Crippen MR) is 197 cm³/mol. The number of pyridine rings is 1. The first-order chi connectivity index (χ1) is 22.4. The molecule has 6 rings (SSSR count). The molecule has 0 aliphatic heterocycles. The fourth-order valence-electron chi connectivity index (χ4n) is 7.29. The van der Waals surface area contributed by atoms with Crippen LogP contribution in [0, 0.1) is 37.7 Å². The second-order valence-electron chi connectivity index (χ2n) is 14.4. The zero-order valence-electron chi connectivity index (χ0n) is 30.4. The van der Waals surface area contributed by atoms with Crippen molar-refractivity contribution in [2.75, 3.05) is 0 Å². The monoisotopic (exact) mass is 823 g/mol. The third-order valence-electron chi connectivity index (χ3n) is 10.2. The minimum absolute atomic E-state index is 0. The third-order valence-corrected chi connectivity index (χ3v) is 10.2. The first-order valence-electron chi connectivity index (χ1n) is 17.6. The summed E-state index contributed by atoms with van der Waals surface area (Å²) in [6.45, 7) is 21.5. The van der Waals surface area contributed by atoms with E-state index in [0.717, 1.165) is 65.6 Å². The van der Waals surface area contributed by atoms with E-state index in [9.17, 15) is 9.90 Å². The Hall–Kier alpha value is -3.27. The Balaban J connectivity index is 0.000000279. The fourth-order valence-corrected chi connectivity index (χ4v) is 7.29. The quantitative estimate of drug-likeness (QED) is 0.0914. The van der Waals surface area contributed by atoms with Crippen LogP contribution in [-0.2, 0) is 36.7 Å². The number of nitrogens with zero attached hydrogens (tertiary/aromatic N) is 1. The topological polar surface area (TPSA) is 63.3 Å². The molecule has 1 aliphatic rings. The molecule has 3 aromatic carbocycles. The van der Waals surface area contributed by atoms with Crippen LogP contribution in [0.5, 0.6) is 0 Å². The van der Waals surface area contributed by atoms with Crippen molar-refractivity contribution < 1.29 is 34.4 Å². The Morgan fingerprint density at radius 3 is 2.21 bits per heavy atom. The summed E-state index contributed by atoms with van der Waals surface area (Å²) in [4.78, 5) is 16.9. The van der Waals surface area contributed by atoms with Crippen molar-refractivity contribution in [1.82, 2.24) is 4.98 Å². The number of aryl methyl sites for hydroxylation is 2. The molecule has 4 nitrogen and oxygen atoms in total. The van der Waals surface area contributed by atoms with Gasteiger partial charge in [0.25, 0.3) is 0 Å². The van der Waals surface area contributed by atoms with E-state index < -0.39 is 0 Å². The summed E-state index contributed by atoms with van der Waals surface area (Å²) in [6, 6.07) is 19.1. The molecule has 0 bridgehead atoms. The minimum Gasteiger partial charge on any atom is -0.512 e. The Kier molecular flexibility index (Phi) is 11.8. The normalized spacial score (nSPS) is 13.6. The molecule has 0 fully saturated rings. The Morgan fingerprint density at radius 1 is 0.917 bits per heavy atom. The van der Waals surface area contributed by atoms with Gasteiger partial charge in [0, 0.05) is 43.4 Å². The van der Waals surface area contributed by atoms with Crippen LogP contribution < -0.4 is 0 Å². The molecule has 0 saturated carbocycles. The molecule has 0 atom stereocenters. The summed E-state index contributed by atoms with van der Waals surface area (Å²) in [5.74, 6) is 1.11. The smallest absolute Gasteiger partial charge is 0.162 e. The van der Waals surface area contributed by atoms with Crippen LogP contribution >= 0.6 is 0 Å². The van der Waals surface area contributed by atoms with E-state index in [1.54, 1.807) is 0 Å². The molecule has 0 unspecified atom stereocenters. The molecule has 2 heterocycles. The van der Waals surface area contributed by atoms with Crippen LogP contribution in [0.3, 0.4) is 0 Å². The van der Waals surface area contributed by atoms with Gasteiger partial charge in [-0.05, 0) is 84.7 Å². The number of ketones is 1. The van der Waals surface area contributed by atoms with Crippen LogP contribution in [0.4, 0.5) is 0 Å². The molecule has 0 spiro atoms. The van der Waals surface area contributed by atoms with E-state index in [2.05, 4.69) is 90.1 Å². The van der Waals surface area contributed by atoms with Crippen LogP contribution in [0.1, 0.15) is 109 Å². The molecule has 1 radical (unpaired) electrons. The number of aliphatic hydroxyl groups excluding tert-OH is 1. The minimum atomic E-state index is -0.216. The van der Waals surface area contributed by atoms with Gasteiger partial charge in [-0.2, -0.15) is 0 Å². The number of furan rings is 1. The average molecular weight is 823 g/mol. The molecule has 2 aromatic heterocycles. The van der Waals surface area contributed by atoms with Gasteiger partial charge >= 0.3 is 0 Å². The van der Waals surface area contributed by atoms with Gasteiger partial charge in [0.1, 0.15) is 5.58 Å². The molecule has 257 valence electrons. The molecule has 1 aliphatic carbocycles. The Labute approximate surface area is 300 Å². The van der Waals surface area contributed by atoms with Crippen molar-refractivity contribution in [2.45, 2.75) is 107 Å². The maximum absolute atomic E-state index is 11.7. The number of benzene rings is 3. The number of aliphatic hydroxyl groups is 1. The van der Waals surface area contributed by atoms with E-state index in [1.165, 1.54) is 44.5 Å². The van der Waals surface area contributed by atoms with Crippen molar-refractivity contribution >= 4 is 38.6 Å². The van der Waals surface area contributed by atoms with Crippen molar-refractivity contribution in [3.05, 3.63) is 88.2 Å². The number of allylic oxidation sites excluding steroid dienone is 2. The number of hydrogen-bond acceptors (Lipinski definition) is 4. The van der Waals surface area contributed by atoms with Crippen molar-refractivity contribution in [1.29, 1.82) is 0 Å². The molecule has 0 saturated heterocycles. The predicted octanol–water partition coefficient (Wildman–Crippen LogP) is 11.9. The molecule has 0 amide bonds. The van der Waals surface area contributed by atoms with E-state index >= 15 is 0 Å². The summed E-state index contributed by atoms with van der Waals surface area (Å²) in [7, 11) is 0. The summed E-state index contributed by atoms with van der Waals surface area (Å²) in [5, 5.41) is 13.4. The fraction of sp³-hybridized carbons (Fsp3) is 0.442. The summed E-state index contributed by atoms with van der Waals surface area (Å²) >= 11 is 0. The van der Waals surface area contributed by atoms with Crippen LogP contribution in [0.25, 0.3) is 44.1 Å². The van der Waals surface area contributed by atoms with E-state index in [0.29, 0.717) is 5.92 Å². The van der Waals surface area contributed by atoms with E-state index in [1.807, 2.05) is 27.7 Å². The first-order valence-corrected chi connectivity index (χ1v) is 17.6. The van der Waals surface area contributed by atoms with Crippen molar-refractivity contribution in [3.8, 4) is 11.3 Å². The zero-order valence-corrected chi connectivity index (χ0v) is 32.8. The largest absolute Gasteiger partial charge is 0.512 e. The summed E-state index contributed by atoms with van der Waals surface area (Å²) in [5.41, 5.74) is 11.2. The van der Waals surface area contributed by atoms with Gasteiger partial charge in [-0.3, -0.25) is 9.78 Å². The van der Waals surface area contributed by atoms with Crippen LogP contribution in [0.15, 0.2) is 58.7 Å². The van der Waals surface area contributed by atoms with Gasteiger partial charge in [-0.25, -0.2) is 0 Å². The SMILES string of the molecule is CCC(CC)C(=O)/C=C(\O)C(CC)CC.Cc1ccc2nc3c(cc2c1)C(C)(C)c1ccc(CC(C)C)c2oc4c(C)c[c-]c-3c4c12.[Ir]. The Bertz CT molecular complexity index is 1970. The maximum Gasteiger partial charge on any atom is 0.162 e. The molecular formula is C43H52IrNO3-. The average Bonchev–Trinajstić information content (AvgIpc) is 3.41. The van der Waals surface area contributed by atoms with Crippen molar-refractivity contribution in [2.24, 2.45) is 17.8 Å². The van der Waals surface area contributed by atoms with Gasteiger partial charge in [-0.1, -0.05) is 109 Å². The second-order valence-corrected chi connectivity index (χ2v) is 14.4. The Morgan fingerprint density at radius 2 is 1.58 bits per heavy atom. The summed E-state index contributed by atoms with van der Waals surface area (Å²) in [6.07, 6.45) is 5.91. The molecule has 1 N–H and O–H groups in total. The van der Waals surface area contributed by atoms with Crippen molar-refractivity contribution in [3.63, 3.8) is 0 Å². The van der Waals surface area contributed by atoms with E-state index in [-0.39, 0.29) is 48.9 Å². The number of hydrogen-bond donors (Lipinski definition) is 1. The molecular weight excluding hydrogens is 771 g/mol. The number of carbonyl (C=O) groups is 1. The molecule has 5 heteroatoms. The third kappa shape index (κ3) is 6.92. The second kappa shape index (κ2) is 15.1. The van der Waals surface area contributed by atoms with Crippen LogP contribution in [0.2, 0.25) is 0 Å². The maximum atomic E-state index is 11.7. The zero-order chi connectivity index (χ0) is 34.2. The first kappa shape index (κ1) is 37.5. The van der Waals surface area contributed by atoms with Gasteiger partial charge < -0.3 is 9.52 Å². The van der Waals surface area contributed by atoms with Gasteiger partial charge in [0.15, 0.2) is 5.78 Å².